The minimum atomic E-state index is -0.510. The zero-order valence-electron chi connectivity index (χ0n) is 20.4. The van der Waals surface area contributed by atoms with Crippen LogP contribution < -0.4 is 0 Å². The number of aliphatic hydroxyl groups excluding tert-OH is 1. The van der Waals surface area contributed by atoms with Gasteiger partial charge in [-0.2, -0.15) is 15.0 Å². The van der Waals surface area contributed by atoms with E-state index in [1.165, 1.54) is 4.80 Å². The first-order valence-corrected chi connectivity index (χ1v) is 11.9. The molecule has 1 aliphatic rings. The second kappa shape index (κ2) is 11.3. The first kappa shape index (κ1) is 24.7. The van der Waals surface area contributed by atoms with Gasteiger partial charge in [-0.1, -0.05) is 26.0 Å². The highest BCUT2D eigenvalue weighted by molar-refractivity contribution is 5.98. The second-order valence-corrected chi connectivity index (χ2v) is 8.70. The smallest absolute Gasteiger partial charge is 0.256 e. The Morgan fingerprint density at radius 3 is 2.58 bits per heavy atom. The fraction of sp³-hybridized carbons (Fsp3) is 0.500. The van der Waals surface area contributed by atoms with Crippen molar-refractivity contribution in [1.29, 1.82) is 0 Å². The molecule has 0 radical (unpaired) electrons. The molecule has 7 nitrogen and oxygen atoms in total. The third-order valence-corrected chi connectivity index (χ3v) is 6.43. The van der Waals surface area contributed by atoms with Crippen molar-refractivity contribution < 1.29 is 14.6 Å². The molecule has 1 aromatic heterocycles. The van der Waals surface area contributed by atoms with E-state index < -0.39 is 6.10 Å². The second-order valence-electron chi connectivity index (χ2n) is 8.70. The van der Waals surface area contributed by atoms with Crippen molar-refractivity contribution in [2.45, 2.75) is 72.4 Å². The van der Waals surface area contributed by atoms with Gasteiger partial charge < -0.3 is 14.7 Å². The number of nitrogens with zero attached hydrogens (tertiary/aromatic N) is 4. The van der Waals surface area contributed by atoms with Crippen LogP contribution in [0.2, 0.25) is 0 Å². The van der Waals surface area contributed by atoms with E-state index in [1.807, 2.05) is 49.9 Å². The molecule has 2 heterocycles. The number of benzene rings is 1. The van der Waals surface area contributed by atoms with Crippen LogP contribution in [0.15, 0.2) is 59.8 Å². The summed E-state index contributed by atoms with van der Waals surface area (Å²) >= 11 is 0. The summed E-state index contributed by atoms with van der Waals surface area (Å²) < 4.78 is 6.29. The third-order valence-electron chi connectivity index (χ3n) is 6.43. The van der Waals surface area contributed by atoms with Gasteiger partial charge in [-0.25, -0.2) is 0 Å². The topological polar surface area (TPSA) is 80.5 Å². The van der Waals surface area contributed by atoms with Gasteiger partial charge in [0.2, 0.25) is 0 Å². The number of carbonyl (C=O) groups is 1. The number of ether oxygens (including phenoxy) is 1. The molecule has 1 aliphatic heterocycles. The minimum Gasteiger partial charge on any atom is -0.466 e. The largest absolute Gasteiger partial charge is 0.466 e. The fourth-order valence-corrected chi connectivity index (χ4v) is 4.24. The van der Waals surface area contributed by atoms with Gasteiger partial charge in [0, 0.05) is 18.5 Å². The van der Waals surface area contributed by atoms with E-state index in [-0.39, 0.29) is 17.9 Å². The quantitative estimate of drug-likeness (QED) is 0.577. The van der Waals surface area contributed by atoms with E-state index >= 15 is 0 Å². The SMILES string of the molecule is CC/C=C(/O/C(C)=C(\C)C(O)CC)C1CC[C@@H](C)N(C(=O)c2ccccc2-n2nccn2)C1. The van der Waals surface area contributed by atoms with Crippen LogP contribution in [-0.2, 0) is 4.74 Å². The van der Waals surface area contributed by atoms with E-state index in [9.17, 15) is 9.90 Å². The summed E-state index contributed by atoms with van der Waals surface area (Å²) in [5.74, 6) is 1.68. The first-order valence-electron chi connectivity index (χ1n) is 11.9. The number of para-hydroxylation sites is 1. The maximum Gasteiger partial charge on any atom is 0.256 e. The summed E-state index contributed by atoms with van der Waals surface area (Å²) in [6, 6.07) is 7.57. The Labute approximate surface area is 196 Å². The van der Waals surface area contributed by atoms with Crippen LogP contribution in [-0.4, -0.2) is 49.6 Å². The number of piperidine rings is 1. The Morgan fingerprint density at radius 1 is 1.21 bits per heavy atom. The van der Waals surface area contributed by atoms with Crippen molar-refractivity contribution in [1.82, 2.24) is 19.9 Å². The average Bonchev–Trinajstić information content (AvgIpc) is 3.37. The molecule has 0 aliphatic carbocycles. The maximum absolute atomic E-state index is 13.7. The molecule has 33 heavy (non-hydrogen) atoms. The Hall–Kier alpha value is -2.93. The molecule has 1 N–H and O–H groups in total. The van der Waals surface area contributed by atoms with Gasteiger partial charge in [-0.05, 0) is 70.2 Å². The molecule has 3 rings (SSSR count). The molecule has 2 unspecified atom stereocenters. The number of likely N-dealkylation sites (tertiary alicyclic amines) is 1. The van der Waals surface area contributed by atoms with Crippen LogP contribution in [0.4, 0.5) is 0 Å². The lowest BCUT2D eigenvalue weighted by Gasteiger charge is -2.39. The number of aromatic nitrogens is 3. The zero-order chi connectivity index (χ0) is 24.0. The van der Waals surface area contributed by atoms with Crippen LogP contribution >= 0.6 is 0 Å². The molecule has 178 valence electrons. The van der Waals surface area contributed by atoms with Gasteiger partial charge in [0.1, 0.15) is 11.5 Å². The van der Waals surface area contributed by atoms with Crippen molar-refractivity contribution >= 4 is 5.91 Å². The lowest BCUT2D eigenvalue weighted by atomic mass is 9.90. The highest BCUT2D eigenvalue weighted by atomic mass is 16.5. The molecule has 3 atom stereocenters. The standard InChI is InChI=1S/C26H36N4O3/c1-6-10-25(33-20(5)19(4)24(31)7-2)21-14-13-18(3)29(17-21)26(32)22-11-8-9-12-23(22)30-27-15-16-28-30/h8-12,15-16,18,21,24,31H,6-7,13-14,17H2,1-5H3/b20-19+,25-10+/t18-,21?,24?/m1/s1. The summed E-state index contributed by atoms with van der Waals surface area (Å²) in [7, 11) is 0. The predicted octanol–water partition coefficient (Wildman–Crippen LogP) is 4.88. The molecular formula is C26H36N4O3. The monoisotopic (exact) mass is 452 g/mol. The fourth-order valence-electron chi connectivity index (χ4n) is 4.24. The summed E-state index contributed by atoms with van der Waals surface area (Å²) in [4.78, 5) is 17.1. The van der Waals surface area contributed by atoms with Crippen molar-refractivity contribution in [2.75, 3.05) is 6.54 Å². The maximum atomic E-state index is 13.7. The minimum absolute atomic E-state index is 0.0270. The number of amides is 1. The lowest BCUT2D eigenvalue weighted by Crippen LogP contribution is -2.46. The molecular weight excluding hydrogens is 416 g/mol. The van der Waals surface area contributed by atoms with Crippen LogP contribution in [0.1, 0.15) is 70.7 Å². The number of aliphatic hydroxyl groups is 1. The van der Waals surface area contributed by atoms with E-state index in [0.717, 1.165) is 36.4 Å². The number of hydrogen-bond acceptors (Lipinski definition) is 5. The lowest BCUT2D eigenvalue weighted by molar-refractivity contribution is 0.0542. The van der Waals surface area contributed by atoms with Crippen molar-refractivity contribution in [3.63, 3.8) is 0 Å². The van der Waals surface area contributed by atoms with Gasteiger partial charge in [-0.15, -0.1) is 0 Å². The van der Waals surface area contributed by atoms with Gasteiger partial charge in [0.15, 0.2) is 0 Å². The first-order chi connectivity index (χ1) is 15.9. The highest BCUT2D eigenvalue weighted by Gasteiger charge is 2.33. The summed E-state index contributed by atoms with van der Waals surface area (Å²) in [6.45, 7) is 10.5. The normalized spacial score (nSPS) is 20.9. The van der Waals surface area contributed by atoms with E-state index in [1.54, 1.807) is 12.4 Å². The summed E-state index contributed by atoms with van der Waals surface area (Å²) in [5.41, 5.74) is 2.10. The Kier molecular flexibility index (Phi) is 8.44. The van der Waals surface area contributed by atoms with E-state index in [0.29, 0.717) is 24.2 Å². The third kappa shape index (κ3) is 5.71. The molecule has 0 saturated carbocycles. The van der Waals surface area contributed by atoms with Crippen LogP contribution in [0.5, 0.6) is 0 Å². The summed E-state index contributed by atoms with van der Waals surface area (Å²) in [5, 5.41) is 18.6. The number of allylic oxidation sites excluding steroid dienone is 2. The van der Waals surface area contributed by atoms with E-state index in [2.05, 4.69) is 30.1 Å². The molecule has 1 fully saturated rings. The van der Waals surface area contributed by atoms with Crippen LogP contribution in [0.3, 0.4) is 0 Å². The number of rotatable bonds is 8. The van der Waals surface area contributed by atoms with Crippen molar-refractivity contribution in [2.24, 2.45) is 5.92 Å². The highest BCUT2D eigenvalue weighted by Crippen LogP contribution is 2.32. The Morgan fingerprint density at radius 2 is 1.91 bits per heavy atom. The van der Waals surface area contributed by atoms with Crippen molar-refractivity contribution in [3.8, 4) is 5.69 Å². The van der Waals surface area contributed by atoms with E-state index in [4.69, 9.17) is 4.74 Å². The Bertz CT molecular complexity index is 997. The molecule has 0 bridgehead atoms. The molecule has 0 spiro atoms. The molecule has 1 amide bonds. The van der Waals surface area contributed by atoms with Gasteiger partial charge in [-0.3, -0.25) is 4.79 Å². The molecule has 2 aromatic rings. The molecule has 1 aromatic carbocycles. The van der Waals surface area contributed by atoms with Gasteiger partial charge >= 0.3 is 0 Å². The zero-order valence-corrected chi connectivity index (χ0v) is 20.4. The van der Waals surface area contributed by atoms with Crippen molar-refractivity contribution in [3.05, 3.63) is 65.4 Å². The van der Waals surface area contributed by atoms with Gasteiger partial charge in [0.25, 0.3) is 5.91 Å². The van der Waals surface area contributed by atoms with Crippen LogP contribution in [0, 0.1) is 5.92 Å². The Balaban J connectivity index is 1.85. The predicted molar refractivity (Wildman–Crippen MR) is 129 cm³/mol. The molecule has 7 heteroatoms. The average molecular weight is 453 g/mol. The summed E-state index contributed by atoms with van der Waals surface area (Å²) in [6.07, 6.45) is 8.12. The number of hydrogen-bond donors (Lipinski definition) is 1. The number of carbonyl (C=O) groups excluding carboxylic acids is 1. The van der Waals surface area contributed by atoms with Gasteiger partial charge in [0.05, 0.1) is 29.7 Å². The van der Waals surface area contributed by atoms with Crippen LogP contribution in [0.25, 0.3) is 5.69 Å². The molecule has 1 saturated heterocycles.